The number of anilines is 1. The van der Waals surface area contributed by atoms with Crippen molar-refractivity contribution < 1.29 is 14.0 Å². The minimum Gasteiger partial charge on any atom is -0.342 e. The van der Waals surface area contributed by atoms with Gasteiger partial charge in [-0.2, -0.15) is 0 Å². The summed E-state index contributed by atoms with van der Waals surface area (Å²) in [6.45, 7) is 5.03. The summed E-state index contributed by atoms with van der Waals surface area (Å²) in [7, 11) is 0. The van der Waals surface area contributed by atoms with Crippen LogP contribution < -0.4 is 16.0 Å². The lowest BCUT2D eigenvalue weighted by atomic mass is 9.90. The molecule has 3 N–H and O–H groups in total. The van der Waals surface area contributed by atoms with Crippen LogP contribution >= 0.6 is 0 Å². The highest BCUT2D eigenvalue weighted by Crippen LogP contribution is 2.23. The van der Waals surface area contributed by atoms with Crippen LogP contribution in [0.2, 0.25) is 0 Å². The van der Waals surface area contributed by atoms with Gasteiger partial charge in [0.05, 0.1) is 0 Å². The molecule has 6 nitrogen and oxygen atoms in total. The Morgan fingerprint density at radius 1 is 1.33 bits per heavy atom. The third kappa shape index (κ3) is 5.66. The highest BCUT2D eigenvalue weighted by atomic mass is 19.1. The van der Waals surface area contributed by atoms with Crippen LogP contribution in [0.15, 0.2) is 24.3 Å². The Hall–Kier alpha value is -2.15. The molecule has 2 saturated heterocycles. The van der Waals surface area contributed by atoms with Crippen molar-refractivity contribution in [3.63, 3.8) is 0 Å². The summed E-state index contributed by atoms with van der Waals surface area (Å²) < 4.78 is 13.2. The van der Waals surface area contributed by atoms with E-state index in [-0.39, 0.29) is 29.6 Å². The van der Waals surface area contributed by atoms with E-state index in [2.05, 4.69) is 22.9 Å². The average Bonchev–Trinajstić information content (AvgIpc) is 2.66. The van der Waals surface area contributed by atoms with Crippen LogP contribution in [0.5, 0.6) is 0 Å². The molecule has 1 aromatic carbocycles. The van der Waals surface area contributed by atoms with Crippen LogP contribution in [-0.2, 0) is 4.79 Å². The van der Waals surface area contributed by atoms with Gasteiger partial charge in [0, 0.05) is 37.3 Å². The normalized spacial score (nSPS) is 25.7. The Morgan fingerprint density at radius 3 is 2.96 bits per heavy atom. The summed E-state index contributed by atoms with van der Waals surface area (Å²) >= 11 is 0. The lowest BCUT2D eigenvalue weighted by molar-refractivity contribution is -0.138. The lowest BCUT2D eigenvalue weighted by Gasteiger charge is -2.37. The van der Waals surface area contributed by atoms with Gasteiger partial charge in [0.15, 0.2) is 0 Å². The zero-order valence-electron chi connectivity index (χ0n) is 15.8. The van der Waals surface area contributed by atoms with Crippen LogP contribution in [0.3, 0.4) is 0 Å². The van der Waals surface area contributed by atoms with Crippen LogP contribution in [0.1, 0.15) is 32.6 Å². The van der Waals surface area contributed by atoms with E-state index in [1.807, 2.05) is 4.90 Å². The predicted octanol–water partition coefficient (Wildman–Crippen LogP) is 2.57. The Labute approximate surface area is 159 Å². The van der Waals surface area contributed by atoms with Crippen LogP contribution in [-0.4, -0.2) is 49.1 Å². The van der Waals surface area contributed by atoms with Crippen LogP contribution in [0, 0.1) is 17.7 Å². The van der Waals surface area contributed by atoms with Crippen molar-refractivity contribution in [3.8, 4) is 0 Å². The Balaban J connectivity index is 1.45. The van der Waals surface area contributed by atoms with E-state index in [0.717, 1.165) is 38.8 Å². The molecule has 27 heavy (non-hydrogen) atoms. The maximum absolute atomic E-state index is 13.2. The number of hydrogen-bond donors (Lipinski definition) is 3. The number of carbonyl (C=O) groups is 2. The van der Waals surface area contributed by atoms with Crippen molar-refractivity contribution in [1.29, 1.82) is 0 Å². The number of urea groups is 1. The monoisotopic (exact) mass is 376 g/mol. The van der Waals surface area contributed by atoms with Gasteiger partial charge in [0.2, 0.25) is 5.91 Å². The van der Waals surface area contributed by atoms with Crippen molar-refractivity contribution in [2.45, 2.75) is 38.6 Å². The number of rotatable bonds is 4. The number of piperidine rings is 2. The molecular formula is C20H29FN4O2. The van der Waals surface area contributed by atoms with Crippen molar-refractivity contribution in [3.05, 3.63) is 30.1 Å². The smallest absolute Gasteiger partial charge is 0.319 e. The zero-order chi connectivity index (χ0) is 19.2. The minimum absolute atomic E-state index is 0.115. The van der Waals surface area contributed by atoms with E-state index in [9.17, 15) is 14.0 Å². The van der Waals surface area contributed by atoms with E-state index in [4.69, 9.17) is 0 Å². The molecule has 0 aromatic heterocycles. The third-order valence-electron chi connectivity index (χ3n) is 5.44. The van der Waals surface area contributed by atoms with E-state index in [1.165, 1.54) is 12.1 Å². The molecular weight excluding hydrogens is 347 g/mol. The van der Waals surface area contributed by atoms with Crippen LogP contribution in [0.4, 0.5) is 14.9 Å². The second kappa shape index (κ2) is 9.17. The van der Waals surface area contributed by atoms with Crippen molar-refractivity contribution in [1.82, 2.24) is 15.5 Å². The van der Waals surface area contributed by atoms with Gasteiger partial charge in [0.1, 0.15) is 5.82 Å². The third-order valence-corrected chi connectivity index (χ3v) is 5.44. The second-order valence-electron chi connectivity index (χ2n) is 7.71. The molecule has 3 amide bonds. The molecule has 2 aliphatic rings. The standard InChI is InChI=1S/C20H29FN4O2/c1-14-10-16(7-8-22-14)19(26)25-9-3-4-15(13-25)12-23-20(27)24-18-6-2-5-17(21)11-18/h2,5-6,11,14-16,22H,3-4,7-10,12-13H2,1H3,(H2,23,24,27)/t14-,15?,16-/m0/s1. The van der Waals surface area contributed by atoms with E-state index in [0.29, 0.717) is 24.8 Å². The largest absolute Gasteiger partial charge is 0.342 e. The SMILES string of the molecule is C[C@H]1C[C@@H](C(=O)N2CCCC(CNC(=O)Nc3cccc(F)c3)C2)CCN1. The molecule has 2 aliphatic heterocycles. The summed E-state index contributed by atoms with van der Waals surface area (Å²) in [6.07, 6.45) is 3.75. The molecule has 0 spiro atoms. The predicted molar refractivity (Wildman–Crippen MR) is 103 cm³/mol. The molecule has 2 fully saturated rings. The number of likely N-dealkylation sites (tertiary alicyclic amines) is 1. The molecule has 3 rings (SSSR count). The number of nitrogens with one attached hydrogen (secondary N) is 3. The first-order valence-electron chi connectivity index (χ1n) is 9.84. The topological polar surface area (TPSA) is 73.5 Å². The van der Waals surface area contributed by atoms with Gasteiger partial charge in [-0.3, -0.25) is 4.79 Å². The first-order valence-corrected chi connectivity index (χ1v) is 9.84. The van der Waals surface area contributed by atoms with Gasteiger partial charge >= 0.3 is 6.03 Å². The maximum Gasteiger partial charge on any atom is 0.319 e. The molecule has 7 heteroatoms. The molecule has 0 bridgehead atoms. The van der Waals surface area contributed by atoms with Gasteiger partial charge in [0.25, 0.3) is 0 Å². The van der Waals surface area contributed by atoms with Crippen LogP contribution in [0.25, 0.3) is 0 Å². The summed E-state index contributed by atoms with van der Waals surface area (Å²) in [6, 6.07) is 5.85. The molecule has 3 atom stereocenters. The van der Waals surface area contributed by atoms with E-state index in [1.54, 1.807) is 12.1 Å². The number of carbonyl (C=O) groups excluding carboxylic acids is 2. The number of halogens is 1. The Kier molecular flexibility index (Phi) is 6.66. The Morgan fingerprint density at radius 2 is 2.19 bits per heavy atom. The van der Waals surface area contributed by atoms with Gasteiger partial charge < -0.3 is 20.9 Å². The molecule has 1 aromatic rings. The van der Waals surface area contributed by atoms with E-state index < -0.39 is 0 Å². The summed E-state index contributed by atoms with van der Waals surface area (Å²) in [5.41, 5.74) is 0.424. The lowest BCUT2D eigenvalue weighted by Crippen LogP contribution is -2.49. The highest BCUT2D eigenvalue weighted by molar-refractivity contribution is 5.89. The maximum atomic E-state index is 13.2. The molecule has 2 heterocycles. The molecule has 1 unspecified atom stereocenters. The van der Waals surface area contributed by atoms with Crippen molar-refractivity contribution in [2.75, 3.05) is 31.5 Å². The van der Waals surface area contributed by atoms with Crippen molar-refractivity contribution >= 4 is 17.6 Å². The molecule has 0 radical (unpaired) electrons. The first kappa shape index (κ1) is 19.6. The fourth-order valence-corrected chi connectivity index (χ4v) is 4.02. The number of hydrogen-bond acceptors (Lipinski definition) is 3. The quantitative estimate of drug-likeness (QED) is 0.756. The highest BCUT2D eigenvalue weighted by Gasteiger charge is 2.31. The van der Waals surface area contributed by atoms with Gasteiger partial charge in [-0.15, -0.1) is 0 Å². The summed E-state index contributed by atoms with van der Waals surface area (Å²) in [5, 5.41) is 8.87. The minimum atomic E-state index is -0.388. The van der Waals surface area contributed by atoms with Gasteiger partial charge in [-0.25, -0.2) is 9.18 Å². The molecule has 148 valence electrons. The molecule has 0 aliphatic carbocycles. The molecule has 0 saturated carbocycles. The Bertz CT molecular complexity index is 669. The average molecular weight is 376 g/mol. The summed E-state index contributed by atoms with van der Waals surface area (Å²) in [5.74, 6) is 0.239. The van der Waals surface area contributed by atoms with Gasteiger partial charge in [-0.05, 0) is 63.3 Å². The zero-order valence-corrected chi connectivity index (χ0v) is 15.8. The van der Waals surface area contributed by atoms with E-state index >= 15 is 0 Å². The fourth-order valence-electron chi connectivity index (χ4n) is 4.02. The fraction of sp³-hybridized carbons (Fsp3) is 0.600. The number of amides is 3. The first-order chi connectivity index (χ1) is 13.0. The number of benzene rings is 1. The number of nitrogens with zero attached hydrogens (tertiary/aromatic N) is 1. The summed E-state index contributed by atoms with van der Waals surface area (Å²) in [4.78, 5) is 26.8. The van der Waals surface area contributed by atoms with Crippen molar-refractivity contribution in [2.24, 2.45) is 11.8 Å². The second-order valence-corrected chi connectivity index (χ2v) is 7.71. The van der Waals surface area contributed by atoms with Gasteiger partial charge in [-0.1, -0.05) is 6.07 Å².